The Labute approximate surface area is 117 Å². The van der Waals surface area contributed by atoms with Gasteiger partial charge in [-0.05, 0) is 38.2 Å². The predicted octanol–water partition coefficient (Wildman–Crippen LogP) is 2.01. The molecule has 19 heavy (non-hydrogen) atoms. The summed E-state index contributed by atoms with van der Waals surface area (Å²) in [7, 11) is 4.10. The van der Waals surface area contributed by atoms with Crippen LogP contribution in [0.1, 0.15) is 51.9 Å². The Balaban J connectivity index is 3.88. The molecular weight excluding hydrogens is 242 g/mol. The van der Waals surface area contributed by atoms with Crippen LogP contribution >= 0.6 is 0 Å². The average Bonchev–Trinajstić information content (AvgIpc) is 2.29. The number of carbonyl (C=O) groups excluding carboxylic acids is 1. The van der Waals surface area contributed by atoms with Crippen LogP contribution < -0.4 is 5.11 Å². The van der Waals surface area contributed by atoms with E-state index in [1.165, 1.54) is 12.8 Å². The van der Waals surface area contributed by atoms with E-state index in [-0.39, 0.29) is 6.42 Å². The van der Waals surface area contributed by atoms with E-state index >= 15 is 0 Å². The number of aliphatic carboxylic acids is 1. The SMILES string of the molecule is CCCCC/C=C(\O)C[N+](C)(C)CCCCC(=O)[O-]. The number of quaternary nitrogens is 1. The summed E-state index contributed by atoms with van der Waals surface area (Å²) in [6, 6.07) is 0. The van der Waals surface area contributed by atoms with Crippen molar-refractivity contribution in [2.75, 3.05) is 27.2 Å². The standard InChI is InChI=1S/C15H29NO3/c1-4-5-6-7-10-14(17)13-16(2,3)12-9-8-11-15(18)19/h10H,4-9,11-13H2,1-3H3,(H-,17,18,19)/b14-10-. The molecule has 0 amide bonds. The van der Waals surface area contributed by atoms with Crippen LogP contribution in [0.4, 0.5) is 0 Å². The molecule has 0 aliphatic heterocycles. The summed E-state index contributed by atoms with van der Waals surface area (Å²) in [6.07, 6.45) is 7.97. The third-order valence-corrected chi connectivity index (χ3v) is 3.17. The third-order valence-electron chi connectivity index (χ3n) is 3.17. The van der Waals surface area contributed by atoms with E-state index in [4.69, 9.17) is 0 Å². The van der Waals surface area contributed by atoms with E-state index in [1.807, 2.05) is 6.08 Å². The lowest BCUT2D eigenvalue weighted by atomic mass is 10.2. The van der Waals surface area contributed by atoms with Gasteiger partial charge in [0.1, 0.15) is 12.3 Å². The van der Waals surface area contributed by atoms with Crippen LogP contribution in [-0.4, -0.2) is 42.7 Å². The fourth-order valence-corrected chi connectivity index (χ4v) is 2.05. The second-order valence-electron chi connectivity index (χ2n) is 5.84. The van der Waals surface area contributed by atoms with Crippen LogP contribution in [0.25, 0.3) is 0 Å². The molecule has 0 rings (SSSR count). The highest BCUT2D eigenvalue weighted by atomic mass is 16.4. The lowest BCUT2D eigenvalue weighted by molar-refractivity contribution is -0.887. The Morgan fingerprint density at radius 1 is 1.21 bits per heavy atom. The number of aliphatic hydroxyl groups excluding tert-OH is 1. The van der Waals surface area contributed by atoms with E-state index in [0.717, 1.165) is 25.8 Å². The number of hydrogen-bond acceptors (Lipinski definition) is 3. The second kappa shape index (κ2) is 9.84. The first-order valence-corrected chi connectivity index (χ1v) is 7.27. The van der Waals surface area contributed by atoms with Crippen molar-refractivity contribution in [3.8, 4) is 0 Å². The van der Waals surface area contributed by atoms with Crippen molar-refractivity contribution < 1.29 is 19.5 Å². The number of allylic oxidation sites excluding steroid dienone is 1. The van der Waals surface area contributed by atoms with Crippen LogP contribution in [0.2, 0.25) is 0 Å². The molecule has 0 aliphatic carbocycles. The number of nitrogens with zero attached hydrogens (tertiary/aromatic N) is 1. The van der Waals surface area contributed by atoms with Gasteiger partial charge in [0.2, 0.25) is 0 Å². The molecule has 112 valence electrons. The molecule has 4 heteroatoms. The van der Waals surface area contributed by atoms with Gasteiger partial charge in [0, 0.05) is 5.97 Å². The first-order chi connectivity index (χ1) is 8.87. The Hall–Kier alpha value is -1.03. The highest BCUT2D eigenvalue weighted by molar-refractivity contribution is 5.64. The summed E-state index contributed by atoms with van der Waals surface area (Å²) in [5.41, 5.74) is 0. The first kappa shape index (κ1) is 18.0. The normalized spacial score (nSPS) is 12.7. The minimum absolute atomic E-state index is 0.124. The van der Waals surface area contributed by atoms with Gasteiger partial charge in [0.05, 0.1) is 20.6 Å². The highest BCUT2D eigenvalue weighted by Crippen LogP contribution is 2.09. The number of hydrogen-bond donors (Lipinski definition) is 1. The van der Waals surface area contributed by atoms with Gasteiger partial charge in [0.15, 0.2) is 0 Å². The largest absolute Gasteiger partial charge is 0.550 e. The Morgan fingerprint density at radius 2 is 1.89 bits per heavy atom. The lowest BCUT2D eigenvalue weighted by Gasteiger charge is -2.29. The number of carboxylic acids is 1. The monoisotopic (exact) mass is 271 g/mol. The molecule has 0 aromatic heterocycles. The van der Waals surface area contributed by atoms with E-state index in [9.17, 15) is 15.0 Å². The molecule has 0 bridgehead atoms. The van der Waals surface area contributed by atoms with Gasteiger partial charge in [-0.25, -0.2) is 0 Å². The van der Waals surface area contributed by atoms with Crippen molar-refractivity contribution >= 4 is 5.97 Å². The van der Waals surface area contributed by atoms with Gasteiger partial charge in [0.25, 0.3) is 0 Å². The Bertz CT molecular complexity index is 285. The van der Waals surface area contributed by atoms with Crippen LogP contribution in [-0.2, 0) is 4.79 Å². The minimum atomic E-state index is -0.982. The van der Waals surface area contributed by atoms with E-state index in [1.54, 1.807) is 0 Å². The van der Waals surface area contributed by atoms with E-state index in [0.29, 0.717) is 23.2 Å². The van der Waals surface area contributed by atoms with Crippen LogP contribution in [0.5, 0.6) is 0 Å². The molecule has 0 fully saturated rings. The summed E-state index contributed by atoms with van der Waals surface area (Å²) < 4.78 is 0.684. The van der Waals surface area contributed by atoms with Crippen molar-refractivity contribution in [3.63, 3.8) is 0 Å². The molecule has 0 unspecified atom stereocenters. The summed E-state index contributed by atoms with van der Waals surface area (Å²) in [5, 5.41) is 20.2. The molecule has 0 aliphatic rings. The Morgan fingerprint density at radius 3 is 2.47 bits per heavy atom. The molecular formula is C15H29NO3. The topological polar surface area (TPSA) is 60.4 Å². The fraction of sp³-hybridized carbons (Fsp3) is 0.800. The maximum Gasteiger partial charge on any atom is 0.143 e. The predicted molar refractivity (Wildman–Crippen MR) is 75.6 cm³/mol. The molecule has 0 aromatic rings. The quantitative estimate of drug-likeness (QED) is 0.355. The molecule has 0 atom stereocenters. The number of unbranched alkanes of at least 4 members (excludes halogenated alkanes) is 4. The number of likely N-dealkylation sites (N-methyl/N-ethyl adjacent to an activating group) is 1. The molecule has 0 saturated carbocycles. The first-order valence-electron chi connectivity index (χ1n) is 7.27. The molecule has 4 nitrogen and oxygen atoms in total. The van der Waals surface area contributed by atoms with E-state index < -0.39 is 5.97 Å². The molecule has 0 radical (unpaired) electrons. The number of carboxylic acid groups (broad SMARTS) is 1. The molecule has 0 aromatic carbocycles. The summed E-state index contributed by atoms with van der Waals surface area (Å²) >= 11 is 0. The summed E-state index contributed by atoms with van der Waals surface area (Å²) in [4.78, 5) is 10.3. The maximum atomic E-state index is 10.3. The van der Waals surface area contributed by atoms with Gasteiger partial charge in [-0.2, -0.15) is 0 Å². The number of aliphatic hydroxyl groups is 1. The zero-order valence-corrected chi connectivity index (χ0v) is 12.7. The van der Waals surface area contributed by atoms with Gasteiger partial charge >= 0.3 is 0 Å². The van der Waals surface area contributed by atoms with Crippen molar-refractivity contribution in [1.29, 1.82) is 0 Å². The van der Waals surface area contributed by atoms with Crippen molar-refractivity contribution in [1.82, 2.24) is 0 Å². The number of rotatable bonds is 11. The molecule has 0 saturated heterocycles. The summed E-state index contributed by atoms with van der Waals surface area (Å²) in [6.45, 7) is 3.63. The maximum absolute atomic E-state index is 10.3. The number of carbonyl (C=O) groups is 1. The van der Waals surface area contributed by atoms with Gasteiger partial charge in [-0.1, -0.05) is 19.8 Å². The fourth-order valence-electron chi connectivity index (χ4n) is 2.05. The highest BCUT2D eigenvalue weighted by Gasteiger charge is 2.16. The lowest BCUT2D eigenvalue weighted by Crippen LogP contribution is -2.42. The van der Waals surface area contributed by atoms with Gasteiger partial charge in [-0.3, -0.25) is 0 Å². The van der Waals surface area contributed by atoms with Gasteiger partial charge in [-0.15, -0.1) is 0 Å². The van der Waals surface area contributed by atoms with Crippen LogP contribution in [0.3, 0.4) is 0 Å². The Kier molecular flexibility index (Phi) is 9.31. The summed E-state index contributed by atoms with van der Waals surface area (Å²) in [5.74, 6) is -0.537. The third kappa shape index (κ3) is 11.8. The van der Waals surface area contributed by atoms with Crippen molar-refractivity contribution in [2.45, 2.75) is 51.9 Å². The second-order valence-corrected chi connectivity index (χ2v) is 5.84. The van der Waals surface area contributed by atoms with Crippen LogP contribution in [0, 0.1) is 0 Å². The molecule has 1 N–H and O–H groups in total. The van der Waals surface area contributed by atoms with Crippen LogP contribution in [0.15, 0.2) is 11.8 Å². The van der Waals surface area contributed by atoms with Crippen molar-refractivity contribution in [2.24, 2.45) is 0 Å². The zero-order chi connectivity index (χ0) is 14.7. The van der Waals surface area contributed by atoms with Crippen molar-refractivity contribution in [3.05, 3.63) is 11.8 Å². The molecule has 0 spiro atoms. The minimum Gasteiger partial charge on any atom is -0.550 e. The zero-order valence-electron chi connectivity index (χ0n) is 12.7. The van der Waals surface area contributed by atoms with E-state index in [2.05, 4.69) is 21.0 Å². The molecule has 0 heterocycles. The average molecular weight is 271 g/mol. The van der Waals surface area contributed by atoms with Gasteiger partial charge < -0.3 is 19.5 Å². The smallest absolute Gasteiger partial charge is 0.143 e.